The predicted molar refractivity (Wildman–Crippen MR) is 163 cm³/mol. The van der Waals surface area contributed by atoms with Crippen LogP contribution in [0.3, 0.4) is 0 Å². The summed E-state index contributed by atoms with van der Waals surface area (Å²) in [7, 11) is -13.2. The third-order valence-corrected chi connectivity index (χ3v) is 8.20. The van der Waals surface area contributed by atoms with Crippen molar-refractivity contribution in [1.82, 2.24) is 0 Å². The third kappa shape index (κ3) is 13.2. The lowest BCUT2D eigenvalue weighted by Gasteiger charge is -2.10. The second-order valence-corrected chi connectivity index (χ2v) is 12.3. The molecule has 2 N–H and O–H groups in total. The number of rotatable bonds is 6. The maximum absolute atomic E-state index is 12.2. The molecule has 0 atom stereocenters. The lowest BCUT2D eigenvalue weighted by molar-refractivity contribution is 0.284. The normalized spacial score (nSPS) is 10.8. The molecule has 0 heterocycles. The highest BCUT2D eigenvalue weighted by Crippen LogP contribution is 2.28. The molecule has 0 aromatic heterocycles. The Hall–Kier alpha value is -2.61. The van der Waals surface area contributed by atoms with Gasteiger partial charge in [0.25, 0.3) is 10.1 Å². The summed E-state index contributed by atoms with van der Waals surface area (Å²) in [5, 5.41) is 0.408. The van der Waals surface area contributed by atoms with Crippen molar-refractivity contribution in [2.24, 2.45) is 0 Å². The summed E-state index contributed by atoms with van der Waals surface area (Å²) in [5.74, 6) is -0.713. The minimum atomic E-state index is -4.75. The molecule has 0 aliphatic heterocycles. The molecule has 40 heavy (non-hydrogen) atoms. The van der Waals surface area contributed by atoms with Gasteiger partial charge in [0.05, 0.1) is 17.3 Å². The Balaban J connectivity index is 0. The lowest BCUT2D eigenvalue weighted by Crippen LogP contribution is -2.15. The maximum atomic E-state index is 12.2. The smallest absolute Gasteiger partial charge is 0.282 e. The molecule has 3 aromatic rings. The molecule has 0 amide bonds. The van der Waals surface area contributed by atoms with E-state index in [-0.39, 0.29) is 20.6 Å². The number of hydrogen-bond donors (Lipinski definition) is 2. The van der Waals surface area contributed by atoms with Crippen LogP contribution in [-0.2, 0) is 34.5 Å². The molecule has 0 radical (unpaired) electrons. The van der Waals surface area contributed by atoms with Crippen molar-refractivity contribution in [2.45, 2.75) is 65.2 Å². The van der Waals surface area contributed by atoms with E-state index in [1.54, 1.807) is 0 Å². The molecule has 0 fully saturated rings. The van der Waals surface area contributed by atoms with Gasteiger partial charge >= 0.3 is 10.4 Å². The minimum absolute atomic E-state index is 0.149. The minimum Gasteiger partial charge on any atom is -0.282 e. The summed E-state index contributed by atoms with van der Waals surface area (Å²) in [6, 6.07) is 13.0. The van der Waals surface area contributed by atoms with Gasteiger partial charge in [-0.3, -0.25) is 9.11 Å². The van der Waals surface area contributed by atoms with Crippen LogP contribution in [0.5, 0.6) is 0 Å². The Morgan fingerprint density at radius 3 is 1.68 bits per heavy atom. The van der Waals surface area contributed by atoms with Crippen molar-refractivity contribution < 1.29 is 38.5 Å². The van der Waals surface area contributed by atoms with E-state index in [1.807, 2.05) is 27.7 Å². The molecule has 0 bridgehead atoms. The van der Waals surface area contributed by atoms with E-state index in [2.05, 4.69) is 56.3 Å². The SMILES string of the molecule is C=C.CC.CC.Cc1ccc(C)c(C)c1.Cc1ccc2cc(S(=O)(=O)CCOS(=O)(=O)O)ccc2c1S(=O)(=O)O. The van der Waals surface area contributed by atoms with Gasteiger partial charge in [0, 0.05) is 5.39 Å². The Bertz CT molecular complexity index is 1540. The van der Waals surface area contributed by atoms with E-state index in [1.165, 1.54) is 47.9 Å². The highest BCUT2D eigenvalue weighted by Gasteiger charge is 2.20. The van der Waals surface area contributed by atoms with Gasteiger partial charge in [-0.05, 0) is 61.9 Å². The molecule has 0 aliphatic rings. The van der Waals surface area contributed by atoms with Gasteiger partial charge < -0.3 is 0 Å². The average Bonchev–Trinajstić information content (AvgIpc) is 2.88. The van der Waals surface area contributed by atoms with Crippen molar-refractivity contribution in [3.05, 3.63) is 83.9 Å². The number of fused-ring (bicyclic) bond motifs is 1. The van der Waals surface area contributed by atoms with Gasteiger partial charge in [0.15, 0.2) is 9.84 Å². The average molecular weight is 619 g/mol. The van der Waals surface area contributed by atoms with Crippen molar-refractivity contribution in [3.63, 3.8) is 0 Å². The van der Waals surface area contributed by atoms with Gasteiger partial charge in [-0.2, -0.15) is 16.8 Å². The molecule has 0 spiro atoms. The zero-order chi connectivity index (χ0) is 31.9. The highest BCUT2D eigenvalue weighted by atomic mass is 32.3. The molecular formula is C28H42O9S3. The predicted octanol–water partition coefficient (Wildman–Crippen LogP) is 6.45. The van der Waals surface area contributed by atoms with Crippen molar-refractivity contribution in [3.8, 4) is 0 Å². The largest absolute Gasteiger partial charge is 0.397 e. The highest BCUT2D eigenvalue weighted by molar-refractivity contribution is 7.91. The van der Waals surface area contributed by atoms with Crippen LogP contribution in [0.2, 0.25) is 0 Å². The van der Waals surface area contributed by atoms with E-state index in [0.29, 0.717) is 5.56 Å². The topological polar surface area (TPSA) is 152 Å². The molecule has 0 unspecified atom stereocenters. The first kappa shape index (κ1) is 39.5. The van der Waals surface area contributed by atoms with E-state index in [4.69, 9.17) is 4.55 Å². The van der Waals surface area contributed by atoms with Crippen LogP contribution in [0.25, 0.3) is 10.8 Å². The summed E-state index contributed by atoms with van der Waals surface area (Å²) in [6.07, 6.45) is 0. The Kier molecular flexibility index (Phi) is 17.7. The standard InChI is InChI=1S/C13H14O9S3.C9H12.2C2H6.C2H4/c1-9-2-3-10-8-11(4-5-12(10)13(9)24(16,17)18)23(14,15)7-6-22-25(19,20)21;1-7-4-5-8(2)9(3)6-7;3*1-2/h2-5,8H,6-7H2,1H3,(H,16,17,18)(H,19,20,21);4-6H,1-3H3;2*1-2H3;1-2H2. The third-order valence-electron chi connectivity index (χ3n) is 5.00. The van der Waals surface area contributed by atoms with Crippen LogP contribution in [0, 0.1) is 27.7 Å². The van der Waals surface area contributed by atoms with Gasteiger partial charge in [0.1, 0.15) is 4.90 Å². The van der Waals surface area contributed by atoms with Gasteiger partial charge in [-0.25, -0.2) is 12.6 Å². The van der Waals surface area contributed by atoms with Crippen LogP contribution in [0.4, 0.5) is 0 Å². The Labute approximate surface area is 240 Å². The first-order chi connectivity index (χ1) is 18.5. The van der Waals surface area contributed by atoms with Crippen LogP contribution in [0.15, 0.2) is 71.5 Å². The fourth-order valence-electron chi connectivity index (χ4n) is 3.18. The second-order valence-electron chi connectivity index (χ2n) is 7.73. The zero-order valence-corrected chi connectivity index (χ0v) is 26.9. The molecule has 12 heteroatoms. The molecule has 0 aliphatic carbocycles. The first-order valence-corrected chi connectivity index (χ1v) is 16.9. The Morgan fingerprint density at radius 1 is 0.700 bits per heavy atom. The quantitative estimate of drug-likeness (QED) is 0.234. The van der Waals surface area contributed by atoms with Crippen LogP contribution >= 0.6 is 0 Å². The van der Waals surface area contributed by atoms with Crippen molar-refractivity contribution in [2.75, 3.05) is 12.4 Å². The van der Waals surface area contributed by atoms with Gasteiger partial charge in [0.2, 0.25) is 0 Å². The van der Waals surface area contributed by atoms with Gasteiger partial charge in [-0.1, -0.05) is 69.7 Å². The number of benzene rings is 3. The van der Waals surface area contributed by atoms with Gasteiger partial charge in [-0.15, -0.1) is 13.2 Å². The summed E-state index contributed by atoms with van der Waals surface area (Å²) in [6.45, 7) is 21.1. The van der Waals surface area contributed by atoms with E-state index in [9.17, 15) is 29.8 Å². The second kappa shape index (κ2) is 17.9. The van der Waals surface area contributed by atoms with Crippen LogP contribution < -0.4 is 0 Å². The molecule has 226 valence electrons. The fraction of sp³-hybridized carbons (Fsp3) is 0.357. The summed E-state index contributed by atoms with van der Waals surface area (Å²) in [4.78, 5) is -0.507. The Morgan fingerprint density at radius 2 is 1.23 bits per heavy atom. The molecule has 3 rings (SSSR count). The van der Waals surface area contributed by atoms with Crippen molar-refractivity contribution >= 4 is 41.1 Å². The van der Waals surface area contributed by atoms with Crippen molar-refractivity contribution in [1.29, 1.82) is 0 Å². The van der Waals surface area contributed by atoms with E-state index in [0.717, 1.165) is 6.07 Å². The monoisotopic (exact) mass is 618 g/mol. The molecule has 0 saturated carbocycles. The van der Waals surface area contributed by atoms with Crippen LogP contribution in [0.1, 0.15) is 49.9 Å². The lowest BCUT2D eigenvalue weighted by atomic mass is 10.1. The molecule has 9 nitrogen and oxygen atoms in total. The number of hydrogen-bond acceptors (Lipinski definition) is 7. The molecule has 0 saturated heterocycles. The maximum Gasteiger partial charge on any atom is 0.397 e. The van der Waals surface area contributed by atoms with E-state index < -0.39 is 42.7 Å². The summed E-state index contributed by atoms with van der Waals surface area (Å²) >= 11 is 0. The molecule has 3 aromatic carbocycles. The number of aryl methyl sites for hydroxylation is 4. The number of sulfone groups is 1. The van der Waals surface area contributed by atoms with Crippen LogP contribution in [-0.4, -0.2) is 46.7 Å². The van der Waals surface area contributed by atoms with E-state index >= 15 is 0 Å². The zero-order valence-electron chi connectivity index (χ0n) is 24.4. The first-order valence-electron chi connectivity index (χ1n) is 12.4. The molecular weight excluding hydrogens is 577 g/mol. The summed E-state index contributed by atoms with van der Waals surface area (Å²) in [5.41, 5.74) is 4.40. The summed E-state index contributed by atoms with van der Waals surface area (Å²) < 4.78 is 90.1. The fourth-order valence-corrected chi connectivity index (χ4v) is 5.64.